The van der Waals surface area contributed by atoms with Gasteiger partial charge in [-0.15, -0.1) is 0 Å². The van der Waals surface area contributed by atoms with Crippen molar-refractivity contribution in [3.8, 4) is 5.69 Å². The van der Waals surface area contributed by atoms with E-state index in [1.807, 2.05) is 0 Å². The molecule has 2 aromatic rings. The van der Waals surface area contributed by atoms with E-state index in [0.717, 1.165) is 12.1 Å². The van der Waals surface area contributed by atoms with Crippen LogP contribution in [0.5, 0.6) is 0 Å². The third-order valence-electron chi connectivity index (χ3n) is 4.38. The van der Waals surface area contributed by atoms with E-state index in [1.165, 1.54) is 22.9 Å². The Balaban J connectivity index is 2.00. The van der Waals surface area contributed by atoms with Crippen LogP contribution in [0.2, 0.25) is 5.15 Å². The van der Waals surface area contributed by atoms with Gasteiger partial charge in [-0.3, -0.25) is 0 Å². The zero-order chi connectivity index (χ0) is 22.2. The van der Waals surface area contributed by atoms with Gasteiger partial charge in [0.2, 0.25) is 0 Å². The van der Waals surface area contributed by atoms with Crippen molar-refractivity contribution in [2.45, 2.75) is 26.9 Å². The summed E-state index contributed by atoms with van der Waals surface area (Å²) in [7, 11) is 0. The van der Waals surface area contributed by atoms with Crippen molar-refractivity contribution in [1.82, 2.24) is 9.78 Å². The number of carbonyl (C=O) groups excluding carboxylic acids is 1. The van der Waals surface area contributed by atoms with Gasteiger partial charge in [-0.1, -0.05) is 11.6 Å². The van der Waals surface area contributed by atoms with E-state index in [0.29, 0.717) is 22.7 Å². The number of aryl methyl sites for hydroxylation is 1. The van der Waals surface area contributed by atoms with E-state index in [1.54, 1.807) is 20.8 Å². The first-order valence-corrected chi connectivity index (χ1v) is 9.23. The second-order valence-electron chi connectivity index (χ2n) is 6.42. The summed E-state index contributed by atoms with van der Waals surface area (Å²) < 4.78 is 44.5. The van der Waals surface area contributed by atoms with Crippen LogP contribution in [-0.4, -0.2) is 33.2 Å². The summed E-state index contributed by atoms with van der Waals surface area (Å²) in [5.41, 5.74) is 0.766. The Labute approximate surface area is 174 Å². The SMILES string of the molecule is CCOC(=O)C1=C(O)/C(=C\c2c(C)nn(-c3ccc(C(F)(F)F)cc3)c2Cl)N=C1C. The molecule has 0 aliphatic carbocycles. The van der Waals surface area contributed by atoms with Crippen molar-refractivity contribution >= 4 is 29.4 Å². The van der Waals surface area contributed by atoms with Gasteiger partial charge < -0.3 is 9.84 Å². The maximum absolute atomic E-state index is 12.8. The second-order valence-corrected chi connectivity index (χ2v) is 6.78. The quantitative estimate of drug-likeness (QED) is 0.677. The average molecular weight is 440 g/mol. The maximum atomic E-state index is 12.8. The Hall–Kier alpha value is -3.07. The first kappa shape index (κ1) is 21.6. The van der Waals surface area contributed by atoms with E-state index in [-0.39, 0.29) is 28.8 Å². The Bertz CT molecular complexity index is 1100. The van der Waals surface area contributed by atoms with E-state index in [2.05, 4.69) is 10.1 Å². The number of aliphatic hydroxyl groups is 1. The van der Waals surface area contributed by atoms with Gasteiger partial charge in [-0.2, -0.15) is 18.3 Å². The largest absolute Gasteiger partial charge is 0.505 e. The molecule has 0 spiro atoms. The van der Waals surface area contributed by atoms with Gasteiger partial charge in [0, 0.05) is 5.56 Å². The number of alkyl halides is 3. The summed E-state index contributed by atoms with van der Waals surface area (Å²) in [6.45, 7) is 5.00. The van der Waals surface area contributed by atoms with Crippen molar-refractivity contribution in [3.63, 3.8) is 0 Å². The third kappa shape index (κ3) is 3.97. The highest BCUT2D eigenvalue weighted by molar-refractivity contribution is 6.31. The number of hydrogen-bond acceptors (Lipinski definition) is 5. The highest BCUT2D eigenvalue weighted by Gasteiger charge is 2.30. The summed E-state index contributed by atoms with van der Waals surface area (Å²) in [5, 5.41) is 14.8. The Kier molecular flexibility index (Phi) is 5.76. The minimum Gasteiger partial charge on any atom is -0.505 e. The molecule has 0 unspecified atom stereocenters. The molecule has 1 aliphatic heterocycles. The molecular weight excluding hydrogens is 423 g/mol. The average Bonchev–Trinajstić information content (AvgIpc) is 3.11. The minimum atomic E-state index is -4.45. The molecule has 1 N–H and O–H groups in total. The van der Waals surface area contributed by atoms with E-state index >= 15 is 0 Å². The molecule has 158 valence electrons. The number of carbonyl (C=O) groups is 1. The summed E-state index contributed by atoms with van der Waals surface area (Å²) >= 11 is 6.40. The number of rotatable bonds is 4. The first-order chi connectivity index (χ1) is 14.0. The highest BCUT2D eigenvalue weighted by Crippen LogP contribution is 2.33. The van der Waals surface area contributed by atoms with Gasteiger partial charge in [0.1, 0.15) is 16.4 Å². The lowest BCUT2D eigenvalue weighted by atomic mass is 10.1. The molecule has 1 aliphatic rings. The molecular formula is C20H17ClF3N3O3. The Morgan fingerprint density at radius 3 is 2.47 bits per heavy atom. The number of aliphatic imine (C=N–C) groups is 1. The zero-order valence-electron chi connectivity index (χ0n) is 16.2. The maximum Gasteiger partial charge on any atom is 0.416 e. The van der Waals surface area contributed by atoms with Gasteiger partial charge in [-0.05, 0) is 51.1 Å². The molecule has 1 aromatic carbocycles. The summed E-state index contributed by atoms with van der Waals surface area (Å²) in [6.07, 6.45) is -2.99. The number of benzene rings is 1. The smallest absolute Gasteiger partial charge is 0.416 e. The van der Waals surface area contributed by atoms with Crippen LogP contribution in [0.25, 0.3) is 11.8 Å². The van der Waals surface area contributed by atoms with Gasteiger partial charge in [0.25, 0.3) is 0 Å². The lowest BCUT2D eigenvalue weighted by molar-refractivity contribution is -0.138. The zero-order valence-corrected chi connectivity index (χ0v) is 17.0. The number of ether oxygens (including phenoxy) is 1. The van der Waals surface area contributed by atoms with Crippen molar-refractivity contribution < 1.29 is 27.8 Å². The summed E-state index contributed by atoms with van der Waals surface area (Å²) in [4.78, 5) is 16.2. The van der Waals surface area contributed by atoms with Crippen molar-refractivity contribution in [2.24, 2.45) is 4.99 Å². The Morgan fingerprint density at radius 1 is 1.27 bits per heavy atom. The van der Waals surface area contributed by atoms with Crippen LogP contribution in [0.4, 0.5) is 13.2 Å². The molecule has 2 heterocycles. The molecule has 0 atom stereocenters. The monoisotopic (exact) mass is 439 g/mol. The van der Waals surface area contributed by atoms with E-state index < -0.39 is 17.7 Å². The van der Waals surface area contributed by atoms with Gasteiger partial charge in [0.05, 0.1) is 29.3 Å². The molecule has 0 amide bonds. The van der Waals surface area contributed by atoms with Gasteiger partial charge in [-0.25, -0.2) is 14.5 Å². The summed E-state index contributed by atoms with van der Waals surface area (Å²) in [6, 6.07) is 4.38. The normalized spacial score (nSPS) is 15.7. The Morgan fingerprint density at radius 2 is 1.90 bits per heavy atom. The fraction of sp³-hybridized carbons (Fsp3) is 0.250. The van der Waals surface area contributed by atoms with Gasteiger partial charge >= 0.3 is 12.1 Å². The number of aliphatic hydroxyl groups excluding tert-OH is 1. The lowest BCUT2D eigenvalue weighted by Gasteiger charge is -2.08. The number of halogens is 4. The standard InChI is InChI=1S/C20H17ClF3N3O3/c1-4-30-19(29)16-11(3)25-15(17(16)28)9-14-10(2)26-27(18(14)21)13-7-5-12(6-8-13)20(22,23)24/h5-9,28H,4H2,1-3H3/b15-9+. The van der Waals surface area contributed by atoms with Crippen LogP contribution in [0.3, 0.4) is 0 Å². The number of aromatic nitrogens is 2. The second kappa shape index (κ2) is 7.98. The molecule has 30 heavy (non-hydrogen) atoms. The van der Waals surface area contributed by atoms with Crippen molar-refractivity contribution in [2.75, 3.05) is 6.61 Å². The number of nitrogens with zero attached hydrogens (tertiary/aromatic N) is 3. The van der Waals surface area contributed by atoms with E-state index in [9.17, 15) is 23.1 Å². The van der Waals surface area contributed by atoms with Crippen LogP contribution in [0, 0.1) is 6.92 Å². The molecule has 6 nitrogen and oxygen atoms in total. The van der Waals surface area contributed by atoms with E-state index in [4.69, 9.17) is 16.3 Å². The fourth-order valence-electron chi connectivity index (χ4n) is 2.91. The van der Waals surface area contributed by atoms with Gasteiger partial charge in [0.15, 0.2) is 5.76 Å². The van der Waals surface area contributed by atoms with Crippen molar-refractivity contribution in [1.29, 1.82) is 0 Å². The molecule has 0 radical (unpaired) electrons. The molecule has 0 bridgehead atoms. The first-order valence-electron chi connectivity index (χ1n) is 8.85. The fourth-order valence-corrected chi connectivity index (χ4v) is 3.24. The molecule has 0 fully saturated rings. The third-order valence-corrected chi connectivity index (χ3v) is 4.74. The predicted molar refractivity (Wildman–Crippen MR) is 106 cm³/mol. The van der Waals surface area contributed by atoms with Crippen LogP contribution in [0.1, 0.15) is 30.7 Å². The number of esters is 1. The minimum absolute atomic E-state index is 0.0352. The van der Waals surface area contributed by atoms with Crippen LogP contribution in [-0.2, 0) is 15.7 Å². The van der Waals surface area contributed by atoms with Crippen LogP contribution >= 0.6 is 11.6 Å². The molecule has 0 saturated carbocycles. The summed E-state index contributed by atoms with van der Waals surface area (Å²) in [5.74, 6) is -1.04. The molecule has 1 aromatic heterocycles. The van der Waals surface area contributed by atoms with Crippen LogP contribution < -0.4 is 0 Å². The molecule has 10 heteroatoms. The lowest BCUT2D eigenvalue weighted by Crippen LogP contribution is -2.13. The van der Waals surface area contributed by atoms with Crippen molar-refractivity contribution in [3.05, 3.63) is 63.3 Å². The molecule has 0 saturated heterocycles. The topological polar surface area (TPSA) is 76.7 Å². The molecule has 3 rings (SSSR count). The number of hydrogen-bond donors (Lipinski definition) is 1. The predicted octanol–water partition coefficient (Wildman–Crippen LogP) is 5.04. The van der Waals surface area contributed by atoms with Crippen LogP contribution in [0.15, 0.2) is 46.3 Å². The highest BCUT2D eigenvalue weighted by atomic mass is 35.5.